The largest absolute Gasteiger partial charge is 0.310 e. The van der Waals surface area contributed by atoms with Gasteiger partial charge in [0.25, 0.3) is 0 Å². The van der Waals surface area contributed by atoms with Gasteiger partial charge < -0.3 is 10.2 Å². The van der Waals surface area contributed by atoms with Crippen molar-refractivity contribution in [2.24, 2.45) is 5.92 Å². The van der Waals surface area contributed by atoms with Gasteiger partial charge in [-0.1, -0.05) is 19.3 Å². The molecule has 0 aromatic rings. The minimum Gasteiger partial charge on any atom is -0.310 e. The summed E-state index contributed by atoms with van der Waals surface area (Å²) in [6.07, 6.45) is 11.7. The van der Waals surface area contributed by atoms with Crippen LogP contribution in [0.1, 0.15) is 51.4 Å². The van der Waals surface area contributed by atoms with E-state index < -0.39 is 0 Å². The number of nitrogens with zero attached hydrogens (tertiary/aromatic N) is 1. The fourth-order valence-corrected chi connectivity index (χ4v) is 3.60. The third-order valence-electron chi connectivity index (χ3n) is 4.84. The molecular formula is C14H26N2. The summed E-state index contributed by atoms with van der Waals surface area (Å²) in [7, 11) is 0. The highest BCUT2D eigenvalue weighted by Gasteiger charge is 2.28. The minimum absolute atomic E-state index is 0.812. The molecule has 0 bridgehead atoms. The zero-order valence-electron chi connectivity index (χ0n) is 10.5. The molecule has 1 N–H and O–H groups in total. The number of rotatable bonds is 4. The quantitative estimate of drug-likeness (QED) is 0.786. The van der Waals surface area contributed by atoms with E-state index in [1.165, 1.54) is 71.0 Å². The van der Waals surface area contributed by atoms with Crippen molar-refractivity contribution in [1.29, 1.82) is 0 Å². The lowest BCUT2D eigenvalue weighted by atomic mass is 9.92. The lowest BCUT2D eigenvalue weighted by Crippen LogP contribution is -2.43. The van der Waals surface area contributed by atoms with E-state index in [-0.39, 0.29) is 0 Å². The average molecular weight is 222 g/mol. The Labute approximate surface area is 99.8 Å². The number of hydrogen-bond donors (Lipinski definition) is 1. The third kappa shape index (κ3) is 2.60. The molecule has 1 unspecified atom stereocenters. The monoisotopic (exact) mass is 222 g/mol. The Morgan fingerprint density at radius 1 is 0.875 bits per heavy atom. The molecule has 2 saturated carbocycles. The van der Waals surface area contributed by atoms with E-state index in [0.717, 1.165) is 18.0 Å². The van der Waals surface area contributed by atoms with Crippen molar-refractivity contribution in [3.63, 3.8) is 0 Å². The predicted molar refractivity (Wildman–Crippen MR) is 67.6 cm³/mol. The first kappa shape index (κ1) is 11.0. The van der Waals surface area contributed by atoms with E-state index in [9.17, 15) is 0 Å². The standard InChI is InChI=1S/C14H26N2/c1-2-5-12(4-1)10-16-9-8-14(11-16)15-13-6-3-7-13/h12-15H,1-11H2. The first-order valence-electron chi connectivity index (χ1n) is 7.38. The van der Waals surface area contributed by atoms with Crippen molar-refractivity contribution in [2.75, 3.05) is 19.6 Å². The summed E-state index contributed by atoms with van der Waals surface area (Å²) in [6, 6.07) is 1.68. The molecule has 0 amide bonds. The predicted octanol–water partition coefficient (Wildman–Crippen LogP) is 2.39. The third-order valence-corrected chi connectivity index (χ3v) is 4.84. The van der Waals surface area contributed by atoms with Crippen LogP contribution in [-0.4, -0.2) is 36.6 Å². The van der Waals surface area contributed by atoms with Crippen molar-refractivity contribution >= 4 is 0 Å². The van der Waals surface area contributed by atoms with Gasteiger partial charge in [0.05, 0.1) is 0 Å². The highest BCUT2D eigenvalue weighted by Crippen LogP contribution is 2.27. The maximum absolute atomic E-state index is 3.83. The maximum atomic E-state index is 3.83. The Bertz CT molecular complexity index is 219. The van der Waals surface area contributed by atoms with Gasteiger partial charge in [-0.25, -0.2) is 0 Å². The zero-order valence-corrected chi connectivity index (χ0v) is 10.5. The number of likely N-dealkylation sites (tertiary alicyclic amines) is 1. The topological polar surface area (TPSA) is 15.3 Å². The van der Waals surface area contributed by atoms with Crippen LogP contribution >= 0.6 is 0 Å². The van der Waals surface area contributed by atoms with Crippen LogP contribution in [0, 0.1) is 5.92 Å². The van der Waals surface area contributed by atoms with Crippen LogP contribution in [0.4, 0.5) is 0 Å². The van der Waals surface area contributed by atoms with Crippen LogP contribution in [0.3, 0.4) is 0 Å². The second-order valence-corrected chi connectivity index (χ2v) is 6.19. The van der Waals surface area contributed by atoms with Crippen LogP contribution in [-0.2, 0) is 0 Å². The summed E-state index contributed by atoms with van der Waals surface area (Å²) in [4.78, 5) is 2.71. The van der Waals surface area contributed by atoms with Crippen LogP contribution in [0.25, 0.3) is 0 Å². The normalized spacial score (nSPS) is 33.4. The van der Waals surface area contributed by atoms with E-state index in [0.29, 0.717) is 0 Å². The summed E-state index contributed by atoms with van der Waals surface area (Å²) in [5.41, 5.74) is 0. The fourth-order valence-electron chi connectivity index (χ4n) is 3.60. The van der Waals surface area contributed by atoms with Crippen LogP contribution in [0.15, 0.2) is 0 Å². The molecule has 1 saturated heterocycles. The first-order chi connectivity index (χ1) is 7.90. The van der Waals surface area contributed by atoms with Crippen molar-refractivity contribution < 1.29 is 0 Å². The van der Waals surface area contributed by atoms with Gasteiger partial charge in [-0.2, -0.15) is 0 Å². The molecule has 16 heavy (non-hydrogen) atoms. The summed E-state index contributed by atoms with van der Waals surface area (Å²) in [6.45, 7) is 4.07. The second-order valence-electron chi connectivity index (χ2n) is 6.19. The highest BCUT2D eigenvalue weighted by atomic mass is 15.2. The van der Waals surface area contributed by atoms with Gasteiger partial charge in [0.15, 0.2) is 0 Å². The lowest BCUT2D eigenvalue weighted by molar-refractivity contribution is 0.258. The average Bonchev–Trinajstić information content (AvgIpc) is 2.84. The first-order valence-corrected chi connectivity index (χ1v) is 7.38. The Kier molecular flexibility index (Phi) is 3.49. The molecule has 0 aromatic heterocycles. The van der Waals surface area contributed by atoms with E-state index >= 15 is 0 Å². The van der Waals surface area contributed by atoms with Crippen molar-refractivity contribution in [3.8, 4) is 0 Å². The Morgan fingerprint density at radius 2 is 1.69 bits per heavy atom. The van der Waals surface area contributed by atoms with E-state index in [2.05, 4.69) is 10.2 Å². The van der Waals surface area contributed by atoms with Gasteiger partial charge in [-0.05, 0) is 44.6 Å². The van der Waals surface area contributed by atoms with E-state index in [1.807, 2.05) is 0 Å². The molecule has 1 atom stereocenters. The molecule has 92 valence electrons. The molecule has 0 spiro atoms. The molecule has 2 nitrogen and oxygen atoms in total. The van der Waals surface area contributed by atoms with Gasteiger partial charge in [-0.3, -0.25) is 0 Å². The molecule has 3 rings (SSSR count). The van der Waals surface area contributed by atoms with E-state index in [1.54, 1.807) is 0 Å². The van der Waals surface area contributed by atoms with Crippen LogP contribution in [0.5, 0.6) is 0 Å². The maximum Gasteiger partial charge on any atom is 0.0209 e. The van der Waals surface area contributed by atoms with Crippen LogP contribution in [0.2, 0.25) is 0 Å². The second kappa shape index (κ2) is 5.05. The zero-order chi connectivity index (χ0) is 10.8. The highest BCUT2D eigenvalue weighted by molar-refractivity contribution is 4.87. The van der Waals surface area contributed by atoms with Crippen molar-refractivity contribution in [2.45, 2.75) is 63.5 Å². The smallest absolute Gasteiger partial charge is 0.0209 e. The summed E-state index contributed by atoms with van der Waals surface area (Å²) in [5, 5.41) is 3.83. The van der Waals surface area contributed by atoms with Gasteiger partial charge in [0.2, 0.25) is 0 Å². The molecule has 3 aliphatic rings. The lowest BCUT2D eigenvalue weighted by Gasteiger charge is -2.30. The molecule has 1 aliphatic heterocycles. The summed E-state index contributed by atoms with van der Waals surface area (Å²) in [5.74, 6) is 1.03. The van der Waals surface area contributed by atoms with Crippen molar-refractivity contribution in [3.05, 3.63) is 0 Å². The summed E-state index contributed by atoms with van der Waals surface area (Å²) >= 11 is 0. The SMILES string of the molecule is C1CCC(CN2CCC(NC3CCC3)C2)C1. The molecule has 0 aromatic carbocycles. The van der Waals surface area contributed by atoms with Crippen LogP contribution < -0.4 is 5.32 Å². The fraction of sp³-hybridized carbons (Fsp3) is 1.00. The summed E-state index contributed by atoms with van der Waals surface area (Å²) < 4.78 is 0. The van der Waals surface area contributed by atoms with Gasteiger partial charge in [-0.15, -0.1) is 0 Å². The number of nitrogens with one attached hydrogen (secondary N) is 1. The molecular weight excluding hydrogens is 196 g/mol. The Morgan fingerprint density at radius 3 is 2.38 bits per heavy atom. The Hall–Kier alpha value is -0.0800. The van der Waals surface area contributed by atoms with E-state index in [4.69, 9.17) is 0 Å². The van der Waals surface area contributed by atoms with Gasteiger partial charge >= 0.3 is 0 Å². The number of hydrogen-bond acceptors (Lipinski definition) is 2. The molecule has 0 radical (unpaired) electrons. The molecule has 3 fully saturated rings. The molecule has 2 aliphatic carbocycles. The van der Waals surface area contributed by atoms with Crippen molar-refractivity contribution in [1.82, 2.24) is 10.2 Å². The van der Waals surface area contributed by atoms with Gasteiger partial charge in [0.1, 0.15) is 0 Å². The Balaban J connectivity index is 1.38. The molecule has 1 heterocycles. The van der Waals surface area contributed by atoms with Gasteiger partial charge in [0, 0.05) is 25.2 Å². The minimum atomic E-state index is 0.812. The molecule has 2 heteroatoms.